The molecule has 0 unspecified atom stereocenters. The maximum Gasteiger partial charge on any atom is 0.314 e. The fourth-order valence-corrected chi connectivity index (χ4v) is 2.98. The molecule has 1 aliphatic rings. The minimum Gasteiger partial charge on any atom is -0.493 e. The Balaban J connectivity index is 2.71. The van der Waals surface area contributed by atoms with E-state index in [9.17, 15) is 9.90 Å². The molecule has 1 N–H and O–H groups in total. The van der Waals surface area contributed by atoms with Crippen LogP contribution in [0.15, 0.2) is 6.07 Å². The number of aliphatic carboxylic acids is 1. The van der Waals surface area contributed by atoms with Crippen LogP contribution in [0.5, 0.6) is 11.5 Å². The van der Waals surface area contributed by atoms with Crippen molar-refractivity contribution in [3.63, 3.8) is 0 Å². The fourth-order valence-electron chi connectivity index (χ4n) is 2.59. The van der Waals surface area contributed by atoms with E-state index < -0.39 is 11.4 Å². The lowest BCUT2D eigenvalue weighted by Gasteiger charge is -2.21. The van der Waals surface area contributed by atoms with Crippen molar-refractivity contribution >= 4 is 17.6 Å². The lowest BCUT2D eigenvalue weighted by molar-refractivity contribution is -0.140. The van der Waals surface area contributed by atoms with Gasteiger partial charge in [0, 0.05) is 16.7 Å². The molecule has 1 fully saturated rings. The summed E-state index contributed by atoms with van der Waals surface area (Å²) in [6.45, 7) is 1.95. The number of halogens is 1. The number of methoxy groups -OCH3 is 2. The van der Waals surface area contributed by atoms with Gasteiger partial charge in [-0.1, -0.05) is 18.5 Å². The first kappa shape index (κ1) is 14.0. The van der Waals surface area contributed by atoms with E-state index in [2.05, 4.69) is 0 Å². The minimum absolute atomic E-state index is 0.439. The third kappa shape index (κ3) is 2.04. The maximum atomic E-state index is 11.5. The predicted molar refractivity (Wildman–Crippen MR) is 72.5 cm³/mol. The van der Waals surface area contributed by atoms with Crippen molar-refractivity contribution in [2.24, 2.45) is 0 Å². The average molecular weight is 285 g/mol. The van der Waals surface area contributed by atoms with Crippen LogP contribution in [-0.4, -0.2) is 25.3 Å². The maximum absolute atomic E-state index is 11.5. The number of rotatable bonds is 5. The van der Waals surface area contributed by atoms with Gasteiger partial charge in [0.15, 0.2) is 11.5 Å². The summed E-state index contributed by atoms with van der Waals surface area (Å²) in [5.74, 6) is 0.294. The van der Waals surface area contributed by atoms with E-state index in [4.69, 9.17) is 21.1 Å². The smallest absolute Gasteiger partial charge is 0.314 e. The zero-order valence-electron chi connectivity index (χ0n) is 11.2. The second-order valence-corrected chi connectivity index (χ2v) is 5.10. The van der Waals surface area contributed by atoms with Crippen molar-refractivity contribution < 1.29 is 19.4 Å². The number of ether oxygens (including phenoxy) is 2. The molecule has 0 saturated heterocycles. The summed E-state index contributed by atoms with van der Waals surface area (Å²) >= 11 is 6.29. The van der Waals surface area contributed by atoms with Gasteiger partial charge in [0.2, 0.25) is 0 Å². The van der Waals surface area contributed by atoms with Gasteiger partial charge < -0.3 is 14.6 Å². The number of hydrogen-bond acceptors (Lipinski definition) is 3. The molecule has 0 radical (unpaired) electrons. The Morgan fingerprint density at radius 1 is 1.42 bits per heavy atom. The molecule has 2 rings (SSSR count). The first-order valence-electron chi connectivity index (χ1n) is 6.19. The van der Waals surface area contributed by atoms with Gasteiger partial charge >= 0.3 is 5.97 Å². The van der Waals surface area contributed by atoms with E-state index in [0.717, 1.165) is 5.56 Å². The van der Waals surface area contributed by atoms with Crippen LogP contribution in [0.3, 0.4) is 0 Å². The van der Waals surface area contributed by atoms with Crippen LogP contribution >= 0.6 is 11.6 Å². The normalized spacial score (nSPS) is 16.0. The molecular formula is C14H17ClO4. The fraction of sp³-hybridized carbons (Fsp3) is 0.500. The number of carboxylic acid groups (broad SMARTS) is 1. The van der Waals surface area contributed by atoms with Crippen molar-refractivity contribution in [1.82, 2.24) is 0 Å². The Labute approximate surface area is 117 Å². The molecule has 0 heterocycles. The molecule has 5 heteroatoms. The van der Waals surface area contributed by atoms with Crippen LogP contribution in [-0.2, 0) is 16.6 Å². The molecule has 0 atom stereocenters. The molecule has 4 nitrogen and oxygen atoms in total. The molecule has 1 aromatic rings. The largest absolute Gasteiger partial charge is 0.493 e. The SMILES string of the molecule is CCc1c(OC)c(OC)cc(Cl)c1C1(C(=O)O)CC1. The first-order valence-corrected chi connectivity index (χ1v) is 6.56. The van der Waals surface area contributed by atoms with Crippen LogP contribution in [0.4, 0.5) is 0 Å². The van der Waals surface area contributed by atoms with E-state index in [0.29, 0.717) is 41.3 Å². The van der Waals surface area contributed by atoms with Crippen molar-refractivity contribution in [1.29, 1.82) is 0 Å². The number of carboxylic acids is 1. The van der Waals surface area contributed by atoms with Crippen LogP contribution in [0.25, 0.3) is 0 Å². The third-order valence-electron chi connectivity index (χ3n) is 3.71. The molecule has 1 aliphatic carbocycles. The highest BCUT2D eigenvalue weighted by Crippen LogP contribution is 2.55. The summed E-state index contributed by atoms with van der Waals surface area (Å²) in [6, 6.07) is 1.64. The number of carbonyl (C=O) groups is 1. The molecule has 0 amide bonds. The zero-order chi connectivity index (χ0) is 14.2. The van der Waals surface area contributed by atoms with Crippen molar-refractivity contribution in [3.8, 4) is 11.5 Å². The Kier molecular flexibility index (Phi) is 3.63. The Morgan fingerprint density at radius 3 is 2.42 bits per heavy atom. The van der Waals surface area contributed by atoms with Gasteiger partial charge in [-0.15, -0.1) is 0 Å². The minimum atomic E-state index is -0.845. The Morgan fingerprint density at radius 2 is 2.05 bits per heavy atom. The highest BCUT2D eigenvalue weighted by Gasteiger charge is 2.54. The van der Waals surface area contributed by atoms with Crippen LogP contribution in [0.2, 0.25) is 5.02 Å². The van der Waals surface area contributed by atoms with Gasteiger partial charge in [-0.2, -0.15) is 0 Å². The lowest BCUT2D eigenvalue weighted by Crippen LogP contribution is -2.22. The highest BCUT2D eigenvalue weighted by molar-refractivity contribution is 6.32. The zero-order valence-corrected chi connectivity index (χ0v) is 12.0. The summed E-state index contributed by atoms with van der Waals surface area (Å²) in [6.07, 6.45) is 1.87. The lowest BCUT2D eigenvalue weighted by atomic mass is 9.89. The molecule has 0 bridgehead atoms. The monoisotopic (exact) mass is 284 g/mol. The number of hydrogen-bond donors (Lipinski definition) is 1. The van der Waals surface area contributed by atoms with Gasteiger partial charge in [0.25, 0.3) is 0 Å². The van der Waals surface area contributed by atoms with Gasteiger partial charge in [-0.25, -0.2) is 0 Å². The standard InChI is InChI=1S/C14H17ClO4/c1-4-8-11(14(5-6-14)13(16)17)9(15)7-10(18-2)12(8)19-3/h7H,4-6H2,1-3H3,(H,16,17). The molecule has 1 saturated carbocycles. The summed E-state index contributed by atoms with van der Waals surface area (Å²) < 4.78 is 10.6. The first-order chi connectivity index (χ1) is 9.01. The molecule has 19 heavy (non-hydrogen) atoms. The summed E-state index contributed by atoms with van der Waals surface area (Å²) in [7, 11) is 3.09. The van der Waals surface area contributed by atoms with E-state index >= 15 is 0 Å². The molecule has 0 spiro atoms. The Hall–Kier alpha value is -1.42. The quantitative estimate of drug-likeness (QED) is 0.903. The van der Waals surface area contributed by atoms with Gasteiger partial charge in [0.05, 0.1) is 19.6 Å². The van der Waals surface area contributed by atoms with Crippen LogP contribution < -0.4 is 9.47 Å². The van der Waals surface area contributed by atoms with E-state index in [-0.39, 0.29) is 0 Å². The number of benzene rings is 1. The van der Waals surface area contributed by atoms with Crippen molar-refractivity contribution in [3.05, 3.63) is 22.2 Å². The average Bonchev–Trinajstić information content (AvgIpc) is 3.18. The van der Waals surface area contributed by atoms with Crippen LogP contribution in [0.1, 0.15) is 30.9 Å². The van der Waals surface area contributed by atoms with E-state index in [1.165, 1.54) is 7.11 Å². The highest BCUT2D eigenvalue weighted by atomic mass is 35.5. The Bertz CT molecular complexity index is 521. The van der Waals surface area contributed by atoms with Gasteiger partial charge in [-0.3, -0.25) is 4.79 Å². The van der Waals surface area contributed by atoms with E-state index in [1.807, 2.05) is 6.92 Å². The molecule has 0 aliphatic heterocycles. The second-order valence-electron chi connectivity index (χ2n) is 4.69. The molecule has 0 aromatic heterocycles. The summed E-state index contributed by atoms with van der Waals surface area (Å²) in [5.41, 5.74) is 0.663. The van der Waals surface area contributed by atoms with E-state index in [1.54, 1.807) is 13.2 Å². The third-order valence-corrected chi connectivity index (χ3v) is 4.01. The van der Waals surface area contributed by atoms with Gasteiger partial charge in [0.1, 0.15) is 0 Å². The molecule has 1 aromatic carbocycles. The summed E-state index contributed by atoms with van der Waals surface area (Å²) in [5, 5.41) is 9.90. The van der Waals surface area contributed by atoms with Crippen LogP contribution in [0, 0.1) is 0 Å². The van der Waals surface area contributed by atoms with Crippen molar-refractivity contribution in [2.45, 2.75) is 31.6 Å². The summed E-state index contributed by atoms with van der Waals surface area (Å²) in [4.78, 5) is 11.5. The second kappa shape index (κ2) is 4.93. The predicted octanol–water partition coefficient (Wildman–Crippen LogP) is 3.04. The van der Waals surface area contributed by atoms with Crippen molar-refractivity contribution in [2.75, 3.05) is 14.2 Å². The molecule has 104 valence electrons. The topological polar surface area (TPSA) is 55.8 Å². The molecular weight excluding hydrogens is 268 g/mol. The van der Waals surface area contributed by atoms with Gasteiger partial charge in [-0.05, 0) is 24.8 Å².